The topological polar surface area (TPSA) is 107 Å². The van der Waals surface area contributed by atoms with E-state index in [9.17, 15) is 14.7 Å². The van der Waals surface area contributed by atoms with Gasteiger partial charge in [0, 0.05) is 24.2 Å². The Morgan fingerprint density at radius 1 is 1.15 bits per heavy atom. The van der Waals surface area contributed by atoms with Gasteiger partial charge in [0.25, 0.3) is 0 Å². The van der Waals surface area contributed by atoms with Crippen LogP contribution in [0.5, 0.6) is 5.75 Å². The molecule has 27 heavy (non-hydrogen) atoms. The second kappa shape index (κ2) is 9.92. The Morgan fingerprint density at radius 2 is 1.81 bits per heavy atom. The maximum absolute atomic E-state index is 9.66. The molecule has 0 fully saturated rings. The van der Waals surface area contributed by atoms with Crippen LogP contribution < -0.4 is 5.32 Å². The van der Waals surface area contributed by atoms with Crippen molar-refractivity contribution in [1.29, 1.82) is 0 Å². The van der Waals surface area contributed by atoms with Gasteiger partial charge in [0.2, 0.25) is 0 Å². The molecule has 0 radical (unpaired) electrons. The van der Waals surface area contributed by atoms with Crippen LogP contribution in [-0.2, 0) is 9.59 Å². The van der Waals surface area contributed by atoms with Crippen LogP contribution in [0.2, 0.25) is 0 Å². The molecule has 0 spiro atoms. The summed E-state index contributed by atoms with van der Waals surface area (Å²) in [4.78, 5) is 19.1. The number of rotatable bonds is 4. The van der Waals surface area contributed by atoms with Gasteiger partial charge in [0.05, 0.1) is 0 Å². The van der Waals surface area contributed by atoms with Crippen molar-refractivity contribution in [3.63, 3.8) is 0 Å². The lowest BCUT2D eigenvalue weighted by molar-refractivity contribution is -0.134. The smallest absolute Gasteiger partial charge is 0.328 e. The van der Waals surface area contributed by atoms with Gasteiger partial charge in [-0.3, -0.25) is 0 Å². The van der Waals surface area contributed by atoms with Gasteiger partial charge < -0.3 is 20.6 Å². The largest absolute Gasteiger partial charge is 0.508 e. The Balaban J connectivity index is 0.000000279. The number of benzene rings is 1. The summed E-state index contributed by atoms with van der Waals surface area (Å²) >= 11 is 0. The van der Waals surface area contributed by atoms with Crippen molar-refractivity contribution in [1.82, 2.24) is 5.32 Å². The minimum absolute atomic E-state index is 0.369. The molecule has 1 unspecified atom stereocenters. The van der Waals surface area contributed by atoms with Crippen LogP contribution in [0.3, 0.4) is 0 Å². The molecule has 6 heteroatoms. The number of carboxylic acid groups (broad SMARTS) is 2. The van der Waals surface area contributed by atoms with Gasteiger partial charge in [-0.15, -0.1) is 0 Å². The van der Waals surface area contributed by atoms with Crippen molar-refractivity contribution in [3.8, 4) is 5.75 Å². The Labute approximate surface area is 159 Å². The maximum atomic E-state index is 9.66. The standard InChI is InChI=1S/C17H23NO.C4H4O4/c1-2-16-15-9-4-3-6-12(15)11-17(18-16)13-7-5-8-14(19)10-13;5-3(6)1-2-4(7)8/h5,7-8,10,16-19H,2-4,6,9,11H2,1H3;1-2H,(H,5,6)(H,7,8)/b;2-1-/t16?,17-;/m0./s1. The van der Waals surface area contributed by atoms with Crippen molar-refractivity contribution in [2.75, 3.05) is 0 Å². The molecule has 6 nitrogen and oxygen atoms in total. The highest BCUT2D eigenvalue weighted by atomic mass is 16.4. The summed E-state index contributed by atoms with van der Waals surface area (Å²) in [6, 6.07) is 8.62. The second-order valence-electron chi connectivity index (χ2n) is 6.82. The van der Waals surface area contributed by atoms with Crippen molar-refractivity contribution < 1.29 is 24.9 Å². The van der Waals surface area contributed by atoms with E-state index in [1.165, 1.54) is 31.2 Å². The predicted octanol–water partition coefficient (Wildman–Crippen LogP) is 3.79. The monoisotopic (exact) mass is 373 g/mol. The third-order valence-electron chi connectivity index (χ3n) is 4.95. The molecule has 3 rings (SSSR count). The van der Waals surface area contributed by atoms with Gasteiger partial charge in [-0.2, -0.15) is 0 Å². The number of hydrogen-bond donors (Lipinski definition) is 4. The summed E-state index contributed by atoms with van der Waals surface area (Å²) in [6.45, 7) is 2.27. The molecule has 0 saturated heterocycles. The zero-order valence-electron chi connectivity index (χ0n) is 15.5. The van der Waals surface area contributed by atoms with Crippen molar-refractivity contribution in [2.45, 2.75) is 57.5 Å². The Hall–Kier alpha value is -2.60. The third kappa shape index (κ3) is 6.25. The molecule has 1 aliphatic heterocycles. The van der Waals surface area contributed by atoms with Crippen LogP contribution in [0, 0.1) is 0 Å². The van der Waals surface area contributed by atoms with Gasteiger partial charge in [-0.1, -0.05) is 30.2 Å². The SMILES string of the molecule is CCC1N[C@H](c2cccc(O)c2)CC2=C1CCCC2.O=C(O)/C=C\C(=O)O. The lowest BCUT2D eigenvalue weighted by Gasteiger charge is -2.37. The number of nitrogens with one attached hydrogen (secondary N) is 1. The van der Waals surface area contributed by atoms with Gasteiger partial charge in [-0.05, 0) is 56.2 Å². The Morgan fingerprint density at radius 3 is 2.41 bits per heavy atom. The first-order valence-electron chi connectivity index (χ1n) is 9.30. The van der Waals surface area contributed by atoms with E-state index in [0.29, 0.717) is 30.0 Å². The number of carboxylic acids is 2. The normalized spacial score (nSPS) is 22.0. The van der Waals surface area contributed by atoms with Crippen LogP contribution in [-0.4, -0.2) is 33.3 Å². The number of aliphatic carboxylic acids is 2. The van der Waals surface area contributed by atoms with E-state index in [1.54, 1.807) is 17.2 Å². The quantitative estimate of drug-likeness (QED) is 0.473. The average molecular weight is 373 g/mol. The van der Waals surface area contributed by atoms with E-state index in [4.69, 9.17) is 10.2 Å². The molecule has 0 bridgehead atoms. The van der Waals surface area contributed by atoms with Crippen LogP contribution in [0.15, 0.2) is 47.6 Å². The summed E-state index contributed by atoms with van der Waals surface area (Å²) in [5, 5.41) is 29.1. The van der Waals surface area contributed by atoms with Crippen molar-refractivity contribution in [3.05, 3.63) is 53.1 Å². The number of hydrogen-bond acceptors (Lipinski definition) is 4. The number of aromatic hydroxyl groups is 1. The van der Waals surface area contributed by atoms with Crippen LogP contribution in [0.1, 0.15) is 57.1 Å². The van der Waals surface area contributed by atoms with Crippen LogP contribution >= 0.6 is 0 Å². The summed E-state index contributed by atoms with van der Waals surface area (Å²) in [6.07, 6.45) is 8.67. The predicted molar refractivity (Wildman–Crippen MR) is 103 cm³/mol. The van der Waals surface area contributed by atoms with Crippen molar-refractivity contribution >= 4 is 11.9 Å². The van der Waals surface area contributed by atoms with Gasteiger partial charge >= 0.3 is 11.9 Å². The molecule has 0 amide bonds. The van der Waals surface area contributed by atoms with E-state index in [-0.39, 0.29) is 0 Å². The highest BCUT2D eigenvalue weighted by Gasteiger charge is 2.29. The lowest BCUT2D eigenvalue weighted by Crippen LogP contribution is -2.39. The fourth-order valence-electron chi connectivity index (χ4n) is 3.76. The fraction of sp³-hybridized carbons (Fsp3) is 0.429. The zero-order chi connectivity index (χ0) is 19.8. The van der Waals surface area contributed by atoms with Gasteiger partial charge in [-0.25, -0.2) is 9.59 Å². The van der Waals surface area contributed by atoms with E-state index in [2.05, 4.69) is 18.3 Å². The zero-order valence-corrected chi connectivity index (χ0v) is 15.5. The summed E-state index contributed by atoms with van der Waals surface area (Å²) in [7, 11) is 0. The van der Waals surface area contributed by atoms with E-state index in [1.807, 2.05) is 12.1 Å². The number of phenolic OH excluding ortho intramolecular Hbond substituents is 1. The molecule has 4 N–H and O–H groups in total. The maximum Gasteiger partial charge on any atom is 0.328 e. The highest BCUT2D eigenvalue weighted by Crippen LogP contribution is 2.39. The summed E-state index contributed by atoms with van der Waals surface area (Å²) in [5.41, 5.74) is 4.59. The summed E-state index contributed by atoms with van der Waals surface area (Å²) < 4.78 is 0. The van der Waals surface area contributed by atoms with Gasteiger partial charge in [0.1, 0.15) is 5.75 Å². The Bertz CT molecular complexity index is 722. The molecule has 1 aromatic carbocycles. The Kier molecular flexibility index (Phi) is 7.61. The number of carbonyl (C=O) groups is 2. The first kappa shape index (κ1) is 20.7. The minimum atomic E-state index is -1.26. The first-order chi connectivity index (χ1) is 12.9. The number of phenols is 1. The molecule has 146 valence electrons. The average Bonchev–Trinajstić information content (AvgIpc) is 2.66. The lowest BCUT2D eigenvalue weighted by atomic mass is 9.79. The fourth-order valence-corrected chi connectivity index (χ4v) is 3.76. The second-order valence-corrected chi connectivity index (χ2v) is 6.82. The van der Waals surface area contributed by atoms with E-state index >= 15 is 0 Å². The van der Waals surface area contributed by atoms with Gasteiger partial charge in [0.15, 0.2) is 0 Å². The molecule has 1 aliphatic carbocycles. The molecule has 2 aliphatic rings. The van der Waals surface area contributed by atoms with Crippen LogP contribution in [0.4, 0.5) is 0 Å². The molecule has 1 aromatic rings. The minimum Gasteiger partial charge on any atom is -0.508 e. The molecular weight excluding hydrogens is 346 g/mol. The molecular formula is C21H27NO5. The van der Waals surface area contributed by atoms with E-state index < -0.39 is 11.9 Å². The first-order valence-corrected chi connectivity index (χ1v) is 9.30. The van der Waals surface area contributed by atoms with Crippen molar-refractivity contribution in [2.24, 2.45) is 0 Å². The van der Waals surface area contributed by atoms with E-state index in [0.717, 1.165) is 12.8 Å². The molecule has 1 heterocycles. The van der Waals surface area contributed by atoms with Crippen LogP contribution in [0.25, 0.3) is 0 Å². The molecule has 2 atom stereocenters. The third-order valence-corrected chi connectivity index (χ3v) is 4.95. The highest BCUT2D eigenvalue weighted by molar-refractivity contribution is 5.89. The molecule has 0 saturated carbocycles. The summed E-state index contributed by atoms with van der Waals surface area (Å²) in [5.74, 6) is -2.14. The molecule has 0 aromatic heterocycles.